The molecular formula is C17H17N3O3. The number of hydrogen-bond acceptors (Lipinski definition) is 4. The van der Waals surface area contributed by atoms with Crippen molar-refractivity contribution < 1.29 is 13.9 Å². The maximum atomic E-state index is 12.2. The zero-order valence-corrected chi connectivity index (χ0v) is 13.2. The topological polar surface area (TPSA) is 82.1 Å². The van der Waals surface area contributed by atoms with Crippen molar-refractivity contribution in [3.8, 4) is 0 Å². The SMILES string of the molecule is CC(C)(C)c1nc2cc(NC(=O)c3cccc[n+]3[O-])ccc2o1. The lowest BCUT2D eigenvalue weighted by Gasteiger charge is -2.11. The molecule has 3 aromatic rings. The van der Waals surface area contributed by atoms with E-state index in [1.54, 1.807) is 30.3 Å². The van der Waals surface area contributed by atoms with E-state index in [1.165, 1.54) is 12.3 Å². The number of fused-ring (bicyclic) bond motifs is 1. The molecule has 2 heterocycles. The van der Waals surface area contributed by atoms with E-state index in [2.05, 4.69) is 10.3 Å². The van der Waals surface area contributed by atoms with Gasteiger partial charge in [0.2, 0.25) is 5.89 Å². The first kappa shape index (κ1) is 15.0. The monoisotopic (exact) mass is 311 g/mol. The number of anilines is 1. The second-order valence-corrected chi connectivity index (χ2v) is 6.32. The number of carbonyl (C=O) groups is 1. The molecule has 0 aliphatic carbocycles. The van der Waals surface area contributed by atoms with Gasteiger partial charge >= 0.3 is 5.91 Å². The van der Waals surface area contributed by atoms with Crippen LogP contribution < -0.4 is 10.0 Å². The summed E-state index contributed by atoms with van der Waals surface area (Å²) < 4.78 is 6.25. The number of carbonyl (C=O) groups excluding carboxylic acids is 1. The van der Waals surface area contributed by atoms with Crippen molar-refractivity contribution in [2.45, 2.75) is 26.2 Å². The lowest BCUT2D eigenvalue weighted by Crippen LogP contribution is -2.36. The van der Waals surface area contributed by atoms with E-state index in [4.69, 9.17) is 4.42 Å². The normalized spacial score (nSPS) is 11.6. The lowest BCUT2D eigenvalue weighted by atomic mass is 9.97. The highest BCUT2D eigenvalue weighted by Gasteiger charge is 2.21. The molecule has 0 fully saturated rings. The molecule has 3 rings (SSSR count). The molecule has 0 radical (unpaired) electrons. The number of hydrogen-bond donors (Lipinski definition) is 1. The van der Waals surface area contributed by atoms with Crippen LogP contribution in [0, 0.1) is 5.21 Å². The molecule has 0 unspecified atom stereocenters. The third-order valence-electron chi connectivity index (χ3n) is 3.34. The molecule has 118 valence electrons. The van der Waals surface area contributed by atoms with Crippen LogP contribution in [0.25, 0.3) is 11.1 Å². The van der Waals surface area contributed by atoms with Crippen molar-refractivity contribution in [2.75, 3.05) is 5.32 Å². The average Bonchev–Trinajstić information content (AvgIpc) is 2.91. The van der Waals surface area contributed by atoms with Gasteiger partial charge < -0.3 is 14.9 Å². The molecule has 0 aliphatic rings. The van der Waals surface area contributed by atoms with Crippen LogP contribution in [0.15, 0.2) is 47.0 Å². The van der Waals surface area contributed by atoms with Crippen molar-refractivity contribution in [3.63, 3.8) is 0 Å². The zero-order chi connectivity index (χ0) is 16.6. The number of pyridine rings is 1. The van der Waals surface area contributed by atoms with Crippen LogP contribution >= 0.6 is 0 Å². The van der Waals surface area contributed by atoms with Gasteiger partial charge in [0, 0.05) is 23.2 Å². The Balaban J connectivity index is 1.89. The van der Waals surface area contributed by atoms with Gasteiger partial charge in [0.05, 0.1) is 0 Å². The molecule has 0 bridgehead atoms. The molecule has 23 heavy (non-hydrogen) atoms. The van der Waals surface area contributed by atoms with Gasteiger partial charge in [-0.15, -0.1) is 0 Å². The van der Waals surface area contributed by atoms with Crippen molar-refractivity contribution in [3.05, 3.63) is 59.4 Å². The minimum absolute atomic E-state index is 0.0307. The van der Waals surface area contributed by atoms with E-state index in [0.29, 0.717) is 27.4 Å². The number of benzene rings is 1. The molecule has 0 atom stereocenters. The summed E-state index contributed by atoms with van der Waals surface area (Å²) in [4.78, 5) is 16.6. The Morgan fingerprint density at radius 1 is 1.26 bits per heavy atom. The fraction of sp³-hybridized carbons (Fsp3) is 0.235. The molecule has 0 spiro atoms. The Kier molecular flexibility index (Phi) is 3.52. The summed E-state index contributed by atoms with van der Waals surface area (Å²) in [6.45, 7) is 6.05. The van der Waals surface area contributed by atoms with Gasteiger partial charge in [-0.3, -0.25) is 4.79 Å². The summed E-state index contributed by atoms with van der Waals surface area (Å²) in [5.41, 5.74) is 1.71. The van der Waals surface area contributed by atoms with Crippen molar-refractivity contribution >= 4 is 22.7 Å². The van der Waals surface area contributed by atoms with E-state index >= 15 is 0 Å². The van der Waals surface area contributed by atoms with E-state index < -0.39 is 5.91 Å². The number of aromatic nitrogens is 2. The number of oxazole rings is 1. The fourth-order valence-corrected chi connectivity index (χ4v) is 2.13. The highest BCUT2D eigenvalue weighted by Crippen LogP contribution is 2.27. The number of rotatable bonds is 2. The Morgan fingerprint density at radius 2 is 2.04 bits per heavy atom. The van der Waals surface area contributed by atoms with Crippen molar-refractivity contribution in [2.24, 2.45) is 0 Å². The highest BCUT2D eigenvalue weighted by atomic mass is 16.5. The minimum Gasteiger partial charge on any atom is -0.618 e. The van der Waals surface area contributed by atoms with Gasteiger partial charge in [0.15, 0.2) is 11.8 Å². The van der Waals surface area contributed by atoms with E-state index in [1.807, 2.05) is 20.8 Å². The predicted octanol–water partition coefficient (Wildman–Crippen LogP) is 3.01. The quantitative estimate of drug-likeness (QED) is 0.582. The molecule has 0 saturated heterocycles. The summed E-state index contributed by atoms with van der Waals surface area (Å²) in [6.07, 6.45) is 1.28. The molecule has 2 aromatic heterocycles. The molecule has 0 saturated carbocycles. The molecule has 6 nitrogen and oxygen atoms in total. The number of nitrogens with one attached hydrogen (secondary N) is 1. The Labute approximate surface area is 133 Å². The summed E-state index contributed by atoms with van der Waals surface area (Å²) in [6, 6.07) is 9.87. The summed E-state index contributed by atoms with van der Waals surface area (Å²) >= 11 is 0. The van der Waals surface area contributed by atoms with Crippen LogP contribution in [0.3, 0.4) is 0 Å². The van der Waals surface area contributed by atoms with Crippen LogP contribution in [0.1, 0.15) is 37.2 Å². The first-order chi connectivity index (χ1) is 10.8. The predicted molar refractivity (Wildman–Crippen MR) is 86.1 cm³/mol. The summed E-state index contributed by atoms with van der Waals surface area (Å²) in [5, 5.41) is 14.3. The maximum absolute atomic E-state index is 12.2. The smallest absolute Gasteiger partial charge is 0.321 e. The van der Waals surface area contributed by atoms with Gasteiger partial charge in [-0.25, -0.2) is 4.98 Å². The van der Waals surface area contributed by atoms with Gasteiger partial charge in [-0.05, 0) is 24.3 Å². The molecule has 6 heteroatoms. The Hall–Kier alpha value is -2.89. The molecule has 1 aromatic carbocycles. The van der Waals surface area contributed by atoms with Crippen LogP contribution in [0.4, 0.5) is 5.69 Å². The van der Waals surface area contributed by atoms with Gasteiger partial charge in [-0.2, -0.15) is 4.73 Å². The van der Waals surface area contributed by atoms with E-state index in [0.717, 1.165) is 0 Å². The zero-order valence-electron chi connectivity index (χ0n) is 13.2. The van der Waals surface area contributed by atoms with Crippen LogP contribution in [-0.2, 0) is 5.41 Å². The largest absolute Gasteiger partial charge is 0.618 e. The second-order valence-electron chi connectivity index (χ2n) is 6.32. The van der Waals surface area contributed by atoms with Crippen molar-refractivity contribution in [1.29, 1.82) is 0 Å². The molecule has 1 amide bonds. The standard InChI is InChI=1S/C17H17N3O3/c1-17(2,3)16-19-12-10-11(7-8-14(12)23-16)18-15(21)13-6-4-5-9-20(13)22/h4-10H,1-3H3,(H,18,21). The van der Waals surface area contributed by atoms with Crippen molar-refractivity contribution in [1.82, 2.24) is 4.98 Å². The lowest BCUT2D eigenvalue weighted by molar-refractivity contribution is -0.607. The average molecular weight is 311 g/mol. The van der Waals surface area contributed by atoms with Crippen LogP contribution in [0.5, 0.6) is 0 Å². The fourth-order valence-electron chi connectivity index (χ4n) is 2.13. The van der Waals surface area contributed by atoms with Crippen LogP contribution in [-0.4, -0.2) is 10.9 Å². The van der Waals surface area contributed by atoms with Gasteiger partial charge in [0.1, 0.15) is 5.52 Å². The number of nitrogens with zero attached hydrogens (tertiary/aromatic N) is 2. The van der Waals surface area contributed by atoms with Gasteiger partial charge in [0.25, 0.3) is 5.69 Å². The Bertz CT molecular complexity index is 878. The third-order valence-corrected chi connectivity index (χ3v) is 3.34. The maximum Gasteiger partial charge on any atom is 0.321 e. The van der Waals surface area contributed by atoms with Crippen LogP contribution in [0.2, 0.25) is 0 Å². The number of amides is 1. The third kappa shape index (κ3) is 3.01. The minimum atomic E-state index is -0.473. The first-order valence-electron chi connectivity index (χ1n) is 7.25. The first-order valence-corrected chi connectivity index (χ1v) is 7.25. The summed E-state index contributed by atoms with van der Waals surface area (Å²) in [5.74, 6) is 0.163. The molecular weight excluding hydrogens is 294 g/mol. The molecule has 0 aliphatic heterocycles. The van der Waals surface area contributed by atoms with E-state index in [9.17, 15) is 10.0 Å². The highest BCUT2D eigenvalue weighted by molar-refractivity contribution is 6.02. The molecule has 1 N–H and O–H groups in total. The summed E-state index contributed by atoms with van der Waals surface area (Å²) in [7, 11) is 0. The Morgan fingerprint density at radius 3 is 2.74 bits per heavy atom. The van der Waals surface area contributed by atoms with Gasteiger partial charge in [-0.1, -0.05) is 20.8 Å². The second kappa shape index (κ2) is 5.39. The van der Waals surface area contributed by atoms with E-state index in [-0.39, 0.29) is 11.1 Å².